The molecule has 1 aromatic carbocycles. The van der Waals surface area contributed by atoms with Gasteiger partial charge in [0.2, 0.25) is 5.91 Å². The number of phenolic OH excluding ortho intramolecular Hbond substituents is 2. The lowest BCUT2D eigenvalue weighted by Crippen LogP contribution is -2.35. The minimum atomic E-state index is -0.657. The van der Waals surface area contributed by atoms with E-state index in [4.69, 9.17) is 5.73 Å². The zero-order chi connectivity index (χ0) is 12.3. The van der Waals surface area contributed by atoms with Crippen molar-refractivity contribution >= 4 is 11.8 Å². The van der Waals surface area contributed by atoms with Crippen LogP contribution >= 0.6 is 0 Å². The van der Waals surface area contributed by atoms with Crippen LogP contribution in [-0.2, 0) is 4.79 Å². The summed E-state index contributed by atoms with van der Waals surface area (Å²) in [4.78, 5) is 23.4. The number of primary amides is 1. The Morgan fingerprint density at radius 2 is 2.00 bits per heavy atom. The first-order valence-corrected chi connectivity index (χ1v) is 4.47. The molecule has 2 amide bonds. The Morgan fingerprint density at radius 3 is 2.56 bits per heavy atom. The number of amides is 2. The number of carbonyl (C=O) groups is 2. The van der Waals surface area contributed by atoms with E-state index < -0.39 is 11.8 Å². The standard InChI is InChI=1S/C10H12N2O4/c1-12(5-9(11)15)10(16)7-4-6(13)2-3-8(7)14/h2-4,13-14H,5H2,1H3,(H2,11,15). The van der Waals surface area contributed by atoms with Gasteiger partial charge in [0.05, 0.1) is 12.1 Å². The topological polar surface area (TPSA) is 104 Å². The van der Waals surface area contributed by atoms with Gasteiger partial charge in [0.15, 0.2) is 0 Å². The third-order valence-corrected chi connectivity index (χ3v) is 1.95. The number of phenols is 2. The number of likely N-dealkylation sites (N-methyl/N-ethyl adjacent to an activating group) is 1. The van der Waals surface area contributed by atoms with Crippen molar-refractivity contribution < 1.29 is 19.8 Å². The van der Waals surface area contributed by atoms with Crippen LogP contribution < -0.4 is 5.73 Å². The second kappa shape index (κ2) is 4.52. The Morgan fingerprint density at radius 1 is 1.38 bits per heavy atom. The van der Waals surface area contributed by atoms with Gasteiger partial charge in [-0.25, -0.2) is 0 Å². The molecular weight excluding hydrogens is 212 g/mol. The van der Waals surface area contributed by atoms with Gasteiger partial charge in [0.25, 0.3) is 5.91 Å². The summed E-state index contributed by atoms with van der Waals surface area (Å²) in [6.07, 6.45) is 0. The molecular formula is C10H12N2O4. The number of nitrogens with two attached hydrogens (primary N) is 1. The smallest absolute Gasteiger partial charge is 0.257 e. The predicted octanol–water partition coefficient (Wildman–Crippen LogP) is -0.345. The minimum Gasteiger partial charge on any atom is -0.508 e. The number of benzene rings is 1. The molecule has 6 heteroatoms. The highest BCUT2D eigenvalue weighted by Crippen LogP contribution is 2.22. The lowest BCUT2D eigenvalue weighted by atomic mass is 10.1. The van der Waals surface area contributed by atoms with Gasteiger partial charge in [0, 0.05) is 7.05 Å². The first-order chi connectivity index (χ1) is 7.41. The van der Waals surface area contributed by atoms with Gasteiger partial charge in [-0.2, -0.15) is 0 Å². The Labute approximate surface area is 91.9 Å². The van der Waals surface area contributed by atoms with E-state index in [1.807, 2.05) is 0 Å². The van der Waals surface area contributed by atoms with Gasteiger partial charge in [0.1, 0.15) is 11.5 Å². The Balaban J connectivity index is 2.95. The van der Waals surface area contributed by atoms with Crippen molar-refractivity contribution in [2.24, 2.45) is 5.73 Å². The Kier molecular flexibility index (Phi) is 3.34. The number of rotatable bonds is 3. The lowest BCUT2D eigenvalue weighted by molar-refractivity contribution is -0.118. The summed E-state index contributed by atoms with van der Waals surface area (Å²) in [7, 11) is 1.37. The second-order valence-electron chi connectivity index (χ2n) is 3.33. The molecule has 0 saturated carbocycles. The maximum absolute atomic E-state index is 11.7. The molecule has 6 nitrogen and oxygen atoms in total. The molecule has 0 aliphatic heterocycles. The van der Waals surface area contributed by atoms with Crippen molar-refractivity contribution in [3.63, 3.8) is 0 Å². The average Bonchev–Trinajstić information content (AvgIpc) is 2.19. The van der Waals surface area contributed by atoms with Crippen molar-refractivity contribution in [3.05, 3.63) is 23.8 Å². The van der Waals surface area contributed by atoms with Gasteiger partial charge in [-0.05, 0) is 18.2 Å². The zero-order valence-electron chi connectivity index (χ0n) is 8.67. The van der Waals surface area contributed by atoms with Crippen molar-refractivity contribution in [2.45, 2.75) is 0 Å². The molecule has 0 aliphatic rings. The van der Waals surface area contributed by atoms with E-state index in [9.17, 15) is 19.8 Å². The molecule has 0 aromatic heterocycles. The van der Waals surface area contributed by atoms with E-state index in [-0.39, 0.29) is 23.6 Å². The SMILES string of the molecule is CN(CC(N)=O)C(=O)c1cc(O)ccc1O. The maximum atomic E-state index is 11.7. The fourth-order valence-corrected chi connectivity index (χ4v) is 1.21. The fourth-order valence-electron chi connectivity index (χ4n) is 1.21. The highest BCUT2D eigenvalue weighted by molar-refractivity contribution is 5.98. The van der Waals surface area contributed by atoms with Gasteiger partial charge in [-0.3, -0.25) is 9.59 Å². The number of hydrogen-bond donors (Lipinski definition) is 3. The summed E-state index contributed by atoms with van der Waals surface area (Å²) in [5.74, 6) is -1.66. The summed E-state index contributed by atoms with van der Waals surface area (Å²) < 4.78 is 0. The van der Waals surface area contributed by atoms with Crippen LogP contribution in [0.1, 0.15) is 10.4 Å². The summed E-state index contributed by atoms with van der Waals surface area (Å²) in [5, 5.41) is 18.6. The molecule has 16 heavy (non-hydrogen) atoms. The van der Waals surface area contributed by atoms with Crippen LogP contribution in [0.25, 0.3) is 0 Å². The fraction of sp³-hybridized carbons (Fsp3) is 0.200. The summed E-state index contributed by atoms with van der Waals surface area (Å²) >= 11 is 0. The molecule has 4 N–H and O–H groups in total. The summed E-state index contributed by atoms with van der Waals surface area (Å²) in [6, 6.07) is 3.57. The van der Waals surface area contributed by atoms with Crippen LogP contribution in [0.4, 0.5) is 0 Å². The molecule has 0 heterocycles. The number of carbonyl (C=O) groups excluding carboxylic acids is 2. The Hall–Kier alpha value is -2.24. The minimum absolute atomic E-state index is 0.0799. The number of hydrogen-bond acceptors (Lipinski definition) is 4. The van der Waals surface area contributed by atoms with E-state index in [0.29, 0.717) is 0 Å². The van der Waals surface area contributed by atoms with E-state index >= 15 is 0 Å². The summed E-state index contributed by atoms with van der Waals surface area (Å²) in [6.45, 7) is -0.256. The normalized spacial score (nSPS) is 9.81. The zero-order valence-corrected chi connectivity index (χ0v) is 8.67. The van der Waals surface area contributed by atoms with Gasteiger partial charge < -0.3 is 20.8 Å². The lowest BCUT2D eigenvalue weighted by Gasteiger charge is -2.15. The van der Waals surface area contributed by atoms with Gasteiger partial charge in [-0.15, -0.1) is 0 Å². The molecule has 0 aliphatic carbocycles. The van der Waals surface area contributed by atoms with Crippen molar-refractivity contribution in [1.82, 2.24) is 4.90 Å². The van der Waals surface area contributed by atoms with Crippen LogP contribution in [0.3, 0.4) is 0 Å². The first-order valence-electron chi connectivity index (χ1n) is 4.47. The van der Waals surface area contributed by atoms with Crippen LogP contribution in [0, 0.1) is 0 Å². The number of aromatic hydroxyl groups is 2. The van der Waals surface area contributed by atoms with Crippen molar-refractivity contribution in [2.75, 3.05) is 13.6 Å². The molecule has 0 saturated heterocycles. The van der Waals surface area contributed by atoms with E-state index in [2.05, 4.69) is 0 Å². The van der Waals surface area contributed by atoms with Gasteiger partial charge >= 0.3 is 0 Å². The van der Waals surface area contributed by atoms with E-state index in [0.717, 1.165) is 11.0 Å². The highest BCUT2D eigenvalue weighted by Gasteiger charge is 2.17. The molecule has 0 spiro atoms. The molecule has 0 fully saturated rings. The second-order valence-corrected chi connectivity index (χ2v) is 3.33. The van der Waals surface area contributed by atoms with Crippen LogP contribution in [0.2, 0.25) is 0 Å². The highest BCUT2D eigenvalue weighted by atomic mass is 16.3. The molecule has 0 unspecified atom stereocenters. The van der Waals surface area contributed by atoms with E-state index in [1.165, 1.54) is 19.2 Å². The molecule has 86 valence electrons. The van der Waals surface area contributed by atoms with Crippen LogP contribution in [0.5, 0.6) is 11.5 Å². The van der Waals surface area contributed by atoms with Crippen LogP contribution in [0.15, 0.2) is 18.2 Å². The van der Waals surface area contributed by atoms with Crippen molar-refractivity contribution in [1.29, 1.82) is 0 Å². The Bertz CT molecular complexity index is 431. The molecule has 1 rings (SSSR count). The average molecular weight is 224 g/mol. The molecule has 1 aromatic rings. The quantitative estimate of drug-likeness (QED) is 0.610. The molecule has 0 bridgehead atoms. The monoisotopic (exact) mass is 224 g/mol. The predicted molar refractivity (Wildman–Crippen MR) is 55.9 cm³/mol. The third-order valence-electron chi connectivity index (χ3n) is 1.95. The summed E-state index contributed by atoms with van der Waals surface area (Å²) in [5.41, 5.74) is 4.85. The number of nitrogens with zero attached hydrogens (tertiary/aromatic N) is 1. The third kappa shape index (κ3) is 2.63. The maximum Gasteiger partial charge on any atom is 0.257 e. The first kappa shape index (κ1) is 11.8. The van der Waals surface area contributed by atoms with E-state index in [1.54, 1.807) is 0 Å². The largest absolute Gasteiger partial charge is 0.508 e. The molecule has 0 atom stereocenters. The van der Waals surface area contributed by atoms with Gasteiger partial charge in [-0.1, -0.05) is 0 Å². The van der Waals surface area contributed by atoms with Crippen LogP contribution in [-0.4, -0.2) is 40.5 Å². The molecule has 0 radical (unpaired) electrons. The van der Waals surface area contributed by atoms with Crippen molar-refractivity contribution in [3.8, 4) is 11.5 Å².